The van der Waals surface area contributed by atoms with Crippen LogP contribution in [0, 0.1) is 5.92 Å². The molecule has 1 amide bonds. The summed E-state index contributed by atoms with van der Waals surface area (Å²) in [7, 11) is 0. The van der Waals surface area contributed by atoms with Crippen LogP contribution in [0.3, 0.4) is 0 Å². The maximum Gasteiger partial charge on any atom is 0.224 e. The molecule has 0 spiro atoms. The van der Waals surface area contributed by atoms with Gasteiger partial charge in [-0.25, -0.2) is 0 Å². The van der Waals surface area contributed by atoms with E-state index in [1.165, 1.54) is 5.56 Å². The number of carbonyl (C=O) groups excluding carboxylic acids is 1. The third kappa shape index (κ3) is 4.47. The lowest BCUT2D eigenvalue weighted by molar-refractivity contribution is -0.125. The van der Waals surface area contributed by atoms with Gasteiger partial charge in [-0.1, -0.05) is 44.2 Å². The second-order valence-electron chi connectivity index (χ2n) is 6.11. The summed E-state index contributed by atoms with van der Waals surface area (Å²) in [6.45, 7) is 7.03. The zero-order chi connectivity index (χ0) is 15.1. The Morgan fingerprint density at radius 1 is 1.27 bits per heavy atom. The Morgan fingerprint density at radius 3 is 2.50 bits per heavy atom. The molecule has 1 saturated heterocycles. The number of carbonyl (C=O) groups is 1. The molecule has 4 heteroatoms. The van der Waals surface area contributed by atoms with Gasteiger partial charge in [-0.2, -0.15) is 0 Å². The van der Waals surface area contributed by atoms with Crippen LogP contribution in [-0.4, -0.2) is 25.5 Å². The predicted octanol–water partition coefficient (Wildman–Crippen LogP) is 3.28. The highest BCUT2D eigenvalue weighted by Crippen LogP contribution is 2.31. The maximum absolute atomic E-state index is 12.4. The van der Waals surface area contributed by atoms with Gasteiger partial charge in [-0.15, -0.1) is 12.4 Å². The molecule has 1 heterocycles. The summed E-state index contributed by atoms with van der Waals surface area (Å²) < 4.78 is 0. The molecule has 0 aromatic heterocycles. The summed E-state index contributed by atoms with van der Waals surface area (Å²) >= 11 is 0. The van der Waals surface area contributed by atoms with E-state index in [-0.39, 0.29) is 29.6 Å². The van der Waals surface area contributed by atoms with Crippen LogP contribution in [0.25, 0.3) is 0 Å². The summed E-state index contributed by atoms with van der Waals surface area (Å²) in [5.74, 6) is 0.352. The molecular formula is C18H29ClN2O. The lowest BCUT2D eigenvalue weighted by Crippen LogP contribution is -2.45. The van der Waals surface area contributed by atoms with E-state index >= 15 is 0 Å². The molecule has 0 bridgehead atoms. The van der Waals surface area contributed by atoms with Gasteiger partial charge in [0.05, 0.1) is 5.92 Å². The highest BCUT2D eigenvalue weighted by molar-refractivity contribution is 5.85. The fourth-order valence-electron chi connectivity index (χ4n) is 3.28. The van der Waals surface area contributed by atoms with Gasteiger partial charge >= 0.3 is 0 Å². The average molecular weight is 325 g/mol. The SMILES string of the molecule is CCC(CC)(CNC(=O)C1CCCNC1)c1ccccc1.Cl. The highest BCUT2D eigenvalue weighted by atomic mass is 35.5. The predicted molar refractivity (Wildman–Crippen MR) is 94.6 cm³/mol. The molecule has 2 N–H and O–H groups in total. The van der Waals surface area contributed by atoms with Gasteiger partial charge in [0.2, 0.25) is 5.91 Å². The minimum absolute atomic E-state index is 0. The van der Waals surface area contributed by atoms with Crippen molar-refractivity contribution in [2.24, 2.45) is 5.92 Å². The minimum atomic E-state index is 0. The molecule has 1 unspecified atom stereocenters. The van der Waals surface area contributed by atoms with E-state index in [2.05, 4.69) is 48.7 Å². The van der Waals surface area contributed by atoms with Crippen molar-refractivity contribution in [3.05, 3.63) is 35.9 Å². The first kappa shape index (κ1) is 19.0. The number of rotatable bonds is 6. The number of halogens is 1. The normalized spacial score (nSPS) is 18.4. The molecule has 1 aromatic carbocycles. The van der Waals surface area contributed by atoms with Gasteiger partial charge in [-0.05, 0) is 37.8 Å². The smallest absolute Gasteiger partial charge is 0.224 e. The Hall–Kier alpha value is -1.06. The number of amides is 1. The number of piperidine rings is 1. The van der Waals surface area contributed by atoms with Crippen LogP contribution in [0.2, 0.25) is 0 Å². The van der Waals surface area contributed by atoms with Gasteiger partial charge < -0.3 is 10.6 Å². The van der Waals surface area contributed by atoms with E-state index in [9.17, 15) is 4.79 Å². The van der Waals surface area contributed by atoms with Crippen molar-refractivity contribution in [2.45, 2.75) is 44.9 Å². The summed E-state index contributed by atoms with van der Waals surface area (Å²) in [5.41, 5.74) is 1.39. The summed E-state index contributed by atoms with van der Waals surface area (Å²) in [6, 6.07) is 10.6. The topological polar surface area (TPSA) is 41.1 Å². The molecule has 0 radical (unpaired) electrons. The van der Waals surface area contributed by atoms with Crippen LogP contribution in [0.4, 0.5) is 0 Å². The Morgan fingerprint density at radius 2 is 1.95 bits per heavy atom. The van der Waals surface area contributed by atoms with Crippen LogP contribution in [0.15, 0.2) is 30.3 Å². The second-order valence-corrected chi connectivity index (χ2v) is 6.11. The van der Waals surface area contributed by atoms with Gasteiger partial charge in [0.1, 0.15) is 0 Å². The van der Waals surface area contributed by atoms with Crippen molar-refractivity contribution < 1.29 is 4.79 Å². The van der Waals surface area contributed by atoms with E-state index in [4.69, 9.17) is 0 Å². The Balaban J connectivity index is 0.00000242. The van der Waals surface area contributed by atoms with E-state index in [1.807, 2.05) is 6.07 Å². The third-order valence-corrected chi connectivity index (χ3v) is 5.01. The third-order valence-electron chi connectivity index (χ3n) is 5.01. The van der Waals surface area contributed by atoms with Crippen molar-refractivity contribution in [1.29, 1.82) is 0 Å². The lowest BCUT2D eigenvalue weighted by Gasteiger charge is -2.33. The van der Waals surface area contributed by atoms with Crippen molar-refractivity contribution in [3.8, 4) is 0 Å². The average Bonchev–Trinajstić information content (AvgIpc) is 2.58. The van der Waals surface area contributed by atoms with Crippen LogP contribution < -0.4 is 10.6 Å². The summed E-state index contributed by atoms with van der Waals surface area (Å²) in [6.07, 6.45) is 4.19. The molecular weight excluding hydrogens is 296 g/mol. The fourth-order valence-corrected chi connectivity index (χ4v) is 3.28. The second kappa shape index (κ2) is 9.16. The van der Waals surface area contributed by atoms with E-state index in [1.54, 1.807) is 0 Å². The first-order chi connectivity index (χ1) is 10.2. The van der Waals surface area contributed by atoms with Gasteiger partial charge in [0.15, 0.2) is 0 Å². The molecule has 124 valence electrons. The Labute approximate surface area is 140 Å². The summed E-state index contributed by atoms with van der Waals surface area (Å²) in [4.78, 5) is 12.4. The number of hydrogen-bond donors (Lipinski definition) is 2. The largest absolute Gasteiger partial charge is 0.355 e. The number of benzene rings is 1. The van der Waals surface area contributed by atoms with Crippen molar-refractivity contribution >= 4 is 18.3 Å². The van der Waals surface area contributed by atoms with Crippen LogP contribution in [0.1, 0.15) is 45.1 Å². The zero-order valence-electron chi connectivity index (χ0n) is 13.7. The van der Waals surface area contributed by atoms with E-state index in [0.29, 0.717) is 0 Å². The van der Waals surface area contributed by atoms with Crippen LogP contribution in [-0.2, 0) is 10.2 Å². The monoisotopic (exact) mass is 324 g/mol. The van der Waals surface area contributed by atoms with Gasteiger partial charge in [0, 0.05) is 18.5 Å². The molecule has 0 saturated carbocycles. The zero-order valence-corrected chi connectivity index (χ0v) is 14.5. The molecule has 1 aromatic rings. The first-order valence-corrected chi connectivity index (χ1v) is 8.26. The molecule has 3 nitrogen and oxygen atoms in total. The molecule has 1 atom stereocenters. The minimum Gasteiger partial charge on any atom is -0.355 e. The van der Waals surface area contributed by atoms with Gasteiger partial charge in [-0.3, -0.25) is 4.79 Å². The molecule has 22 heavy (non-hydrogen) atoms. The Bertz CT molecular complexity index is 440. The highest BCUT2D eigenvalue weighted by Gasteiger charge is 2.30. The van der Waals surface area contributed by atoms with Crippen molar-refractivity contribution in [1.82, 2.24) is 10.6 Å². The molecule has 0 aliphatic carbocycles. The van der Waals surface area contributed by atoms with Crippen LogP contribution >= 0.6 is 12.4 Å². The van der Waals surface area contributed by atoms with E-state index in [0.717, 1.165) is 45.3 Å². The Kier molecular flexibility index (Phi) is 7.91. The van der Waals surface area contributed by atoms with Crippen molar-refractivity contribution in [3.63, 3.8) is 0 Å². The van der Waals surface area contributed by atoms with E-state index < -0.39 is 0 Å². The molecule has 1 fully saturated rings. The molecule has 1 aliphatic rings. The fraction of sp³-hybridized carbons (Fsp3) is 0.611. The first-order valence-electron chi connectivity index (χ1n) is 8.26. The maximum atomic E-state index is 12.4. The van der Waals surface area contributed by atoms with Gasteiger partial charge in [0.25, 0.3) is 0 Å². The lowest BCUT2D eigenvalue weighted by atomic mass is 9.75. The summed E-state index contributed by atoms with van der Waals surface area (Å²) in [5, 5.41) is 6.53. The molecule has 1 aliphatic heterocycles. The molecule has 2 rings (SSSR count). The number of hydrogen-bond acceptors (Lipinski definition) is 2. The van der Waals surface area contributed by atoms with Crippen molar-refractivity contribution in [2.75, 3.05) is 19.6 Å². The van der Waals surface area contributed by atoms with Crippen LogP contribution in [0.5, 0.6) is 0 Å². The quantitative estimate of drug-likeness (QED) is 0.843. The standard InChI is InChI=1S/C18H28N2O.ClH/c1-3-18(4-2,16-10-6-5-7-11-16)14-20-17(21)15-9-8-12-19-13-15;/h5-7,10-11,15,19H,3-4,8-9,12-14H2,1-2H3,(H,20,21);1H. The number of nitrogens with one attached hydrogen (secondary N) is 2.